The second-order valence-corrected chi connectivity index (χ2v) is 4.12. The maximum atomic E-state index is 11.2. The Bertz CT molecular complexity index is 685. The Hall–Kier alpha value is -3.16. The van der Waals surface area contributed by atoms with Gasteiger partial charge in [-0.15, -0.1) is 5.11 Å². The Morgan fingerprint density at radius 2 is 1.86 bits per heavy atom. The summed E-state index contributed by atoms with van der Waals surface area (Å²) in [5.41, 5.74) is 12.2. The molecule has 2 aromatic rings. The molecule has 22 heavy (non-hydrogen) atoms. The van der Waals surface area contributed by atoms with Crippen molar-refractivity contribution in [1.82, 2.24) is 4.98 Å². The van der Waals surface area contributed by atoms with Crippen molar-refractivity contribution in [3.8, 4) is 5.75 Å². The number of hydrogen-bond donors (Lipinski definition) is 2. The molecule has 0 aliphatic heterocycles. The van der Waals surface area contributed by atoms with Crippen LogP contribution in [0.3, 0.4) is 0 Å². The van der Waals surface area contributed by atoms with Gasteiger partial charge in [-0.3, -0.25) is 0 Å². The monoisotopic (exact) mass is 301 g/mol. The van der Waals surface area contributed by atoms with Crippen molar-refractivity contribution in [3.63, 3.8) is 0 Å². The number of nitrogen functional groups attached to an aromatic ring is 2. The molecule has 4 N–H and O–H groups in total. The molecular weight excluding hydrogens is 286 g/mol. The number of aromatic nitrogens is 1. The molecular formula is C14H15N5O3. The number of carbonyl (C=O) groups excluding carboxylic acids is 1. The van der Waals surface area contributed by atoms with Gasteiger partial charge in [0.1, 0.15) is 17.3 Å². The lowest BCUT2D eigenvalue weighted by molar-refractivity contribution is 0.104. The van der Waals surface area contributed by atoms with Gasteiger partial charge in [-0.05, 0) is 43.3 Å². The summed E-state index contributed by atoms with van der Waals surface area (Å²) >= 11 is 0. The summed E-state index contributed by atoms with van der Waals surface area (Å²) in [6, 6.07) is 9.64. The van der Waals surface area contributed by atoms with Gasteiger partial charge in [-0.1, -0.05) is 0 Å². The second kappa shape index (κ2) is 7.02. The molecule has 0 saturated heterocycles. The Morgan fingerprint density at radius 1 is 1.14 bits per heavy atom. The average molecular weight is 301 g/mol. The third-order valence-electron chi connectivity index (χ3n) is 2.50. The van der Waals surface area contributed by atoms with Gasteiger partial charge in [0.15, 0.2) is 5.82 Å². The quantitative estimate of drug-likeness (QED) is 0.507. The first-order valence-electron chi connectivity index (χ1n) is 6.47. The van der Waals surface area contributed by atoms with Crippen molar-refractivity contribution < 1.29 is 14.3 Å². The first-order valence-corrected chi connectivity index (χ1v) is 6.47. The molecule has 0 atom stereocenters. The van der Waals surface area contributed by atoms with Crippen molar-refractivity contribution in [3.05, 3.63) is 36.4 Å². The number of azo groups is 1. The number of benzene rings is 1. The minimum Gasteiger partial charge on any atom is -0.434 e. The number of ether oxygens (including phenoxy) is 2. The molecule has 0 saturated carbocycles. The lowest BCUT2D eigenvalue weighted by Gasteiger charge is -2.03. The number of anilines is 2. The van der Waals surface area contributed by atoms with Gasteiger partial charge < -0.3 is 20.9 Å². The van der Waals surface area contributed by atoms with Crippen LogP contribution in [0.15, 0.2) is 46.6 Å². The van der Waals surface area contributed by atoms with E-state index in [1.165, 1.54) is 0 Å². The predicted octanol–water partition coefficient (Wildman–Crippen LogP) is 3.20. The van der Waals surface area contributed by atoms with Crippen LogP contribution in [0.25, 0.3) is 0 Å². The molecule has 114 valence electrons. The largest absolute Gasteiger partial charge is 0.513 e. The second-order valence-electron chi connectivity index (χ2n) is 4.12. The van der Waals surface area contributed by atoms with E-state index in [-0.39, 0.29) is 12.4 Å². The van der Waals surface area contributed by atoms with Crippen LogP contribution in [-0.2, 0) is 4.74 Å². The molecule has 1 aromatic carbocycles. The van der Waals surface area contributed by atoms with Crippen molar-refractivity contribution in [2.45, 2.75) is 6.92 Å². The lowest BCUT2D eigenvalue weighted by atomic mass is 10.3. The smallest absolute Gasteiger partial charge is 0.434 e. The van der Waals surface area contributed by atoms with Crippen LogP contribution in [0.4, 0.5) is 27.8 Å². The Kier molecular flexibility index (Phi) is 4.86. The van der Waals surface area contributed by atoms with E-state index in [0.29, 0.717) is 22.9 Å². The molecule has 0 spiro atoms. The minimum absolute atomic E-state index is 0.200. The van der Waals surface area contributed by atoms with E-state index in [2.05, 4.69) is 19.9 Å². The van der Waals surface area contributed by atoms with Gasteiger partial charge in [0.25, 0.3) is 0 Å². The topological polar surface area (TPSA) is 125 Å². The summed E-state index contributed by atoms with van der Waals surface area (Å²) in [6.07, 6.45) is -0.752. The maximum absolute atomic E-state index is 11.2. The summed E-state index contributed by atoms with van der Waals surface area (Å²) in [6.45, 7) is 1.95. The zero-order valence-electron chi connectivity index (χ0n) is 11.9. The van der Waals surface area contributed by atoms with Crippen molar-refractivity contribution in [1.29, 1.82) is 0 Å². The normalized spacial score (nSPS) is 10.6. The van der Waals surface area contributed by atoms with E-state index in [1.54, 1.807) is 43.3 Å². The third-order valence-corrected chi connectivity index (χ3v) is 2.50. The van der Waals surface area contributed by atoms with Gasteiger partial charge in [0.2, 0.25) is 0 Å². The van der Waals surface area contributed by atoms with Crippen LogP contribution < -0.4 is 16.2 Å². The molecule has 2 rings (SSSR count). The number of nitrogens with zero attached hydrogens (tertiary/aromatic N) is 3. The van der Waals surface area contributed by atoms with Crippen LogP contribution in [0, 0.1) is 0 Å². The molecule has 0 aliphatic carbocycles. The van der Waals surface area contributed by atoms with Crippen molar-refractivity contribution in [2.75, 3.05) is 18.1 Å². The molecule has 8 heteroatoms. The standard InChI is InChI=1S/C14H15N5O3/c1-2-21-14(20)22-10-5-3-9(4-6-10)18-19-11-7-8-12(15)17-13(11)16/h3-8H,2H2,1H3,(H4,15,16,17)/b19-18+. The average Bonchev–Trinajstić information content (AvgIpc) is 2.48. The van der Waals surface area contributed by atoms with Gasteiger partial charge in [0, 0.05) is 0 Å². The Balaban J connectivity index is 2.04. The fourth-order valence-electron chi connectivity index (χ4n) is 1.50. The van der Waals surface area contributed by atoms with Crippen molar-refractivity contribution >= 4 is 29.2 Å². The van der Waals surface area contributed by atoms with E-state index in [9.17, 15) is 4.79 Å². The molecule has 0 unspecified atom stereocenters. The SMILES string of the molecule is CCOC(=O)Oc1ccc(/N=N/c2ccc(N)nc2N)cc1. The fourth-order valence-corrected chi connectivity index (χ4v) is 1.50. The molecule has 1 heterocycles. The predicted molar refractivity (Wildman–Crippen MR) is 81.3 cm³/mol. The van der Waals surface area contributed by atoms with E-state index < -0.39 is 6.16 Å². The summed E-state index contributed by atoms with van der Waals surface area (Å²) in [5.74, 6) is 0.869. The molecule has 0 amide bonds. The first kappa shape index (κ1) is 15.2. The van der Waals surface area contributed by atoms with Crippen LogP contribution >= 0.6 is 0 Å². The highest BCUT2D eigenvalue weighted by Gasteiger charge is 2.04. The molecule has 8 nitrogen and oxygen atoms in total. The minimum atomic E-state index is -0.752. The zero-order valence-corrected chi connectivity index (χ0v) is 11.9. The summed E-state index contributed by atoms with van der Waals surface area (Å²) in [5, 5.41) is 8.00. The lowest BCUT2D eigenvalue weighted by Crippen LogP contribution is -2.09. The van der Waals surface area contributed by atoms with Crippen molar-refractivity contribution in [2.24, 2.45) is 10.2 Å². The van der Waals surface area contributed by atoms with Gasteiger partial charge in [-0.2, -0.15) is 5.11 Å². The van der Waals surface area contributed by atoms with E-state index >= 15 is 0 Å². The van der Waals surface area contributed by atoms with Gasteiger partial charge in [0.05, 0.1) is 12.3 Å². The number of rotatable bonds is 4. The zero-order chi connectivity index (χ0) is 15.9. The van der Waals surface area contributed by atoms with Crippen LogP contribution in [0.5, 0.6) is 5.75 Å². The maximum Gasteiger partial charge on any atom is 0.513 e. The molecule has 1 aromatic heterocycles. The highest BCUT2D eigenvalue weighted by atomic mass is 16.7. The highest BCUT2D eigenvalue weighted by Crippen LogP contribution is 2.25. The molecule has 0 bridgehead atoms. The number of pyridine rings is 1. The Morgan fingerprint density at radius 3 is 2.50 bits per heavy atom. The molecule has 0 aliphatic rings. The molecule has 0 radical (unpaired) electrons. The van der Waals surface area contributed by atoms with Crippen LogP contribution in [0.2, 0.25) is 0 Å². The highest BCUT2D eigenvalue weighted by molar-refractivity contribution is 5.64. The van der Waals surface area contributed by atoms with Crippen LogP contribution in [0.1, 0.15) is 6.92 Å². The van der Waals surface area contributed by atoms with E-state index in [4.69, 9.17) is 16.2 Å². The fraction of sp³-hybridized carbons (Fsp3) is 0.143. The Labute approximate surface area is 126 Å². The third kappa shape index (κ3) is 4.17. The van der Waals surface area contributed by atoms with E-state index in [0.717, 1.165) is 0 Å². The summed E-state index contributed by atoms with van der Waals surface area (Å²) < 4.78 is 9.60. The number of hydrogen-bond acceptors (Lipinski definition) is 8. The van der Waals surface area contributed by atoms with Gasteiger partial charge in [-0.25, -0.2) is 9.78 Å². The summed E-state index contributed by atoms with van der Waals surface area (Å²) in [7, 11) is 0. The van der Waals surface area contributed by atoms with E-state index in [1.807, 2.05) is 0 Å². The molecule has 0 fully saturated rings. The number of nitrogens with two attached hydrogens (primary N) is 2. The first-order chi connectivity index (χ1) is 10.6. The van der Waals surface area contributed by atoms with Crippen LogP contribution in [-0.4, -0.2) is 17.7 Å². The number of carbonyl (C=O) groups is 1. The summed E-state index contributed by atoms with van der Waals surface area (Å²) in [4.78, 5) is 15.0. The van der Waals surface area contributed by atoms with Gasteiger partial charge >= 0.3 is 6.16 Å².